The lowest BCUT2D eigenvalue weighted by Crippen LogP contribution is -2.46. The zero-order chi connectivity index (χ0) is 20.1. The number of methoxy groups -OCH3 is 1. The van der Waals surface area contributed by atoms with E-state index in [1.807, 2.05) is 12.1 Å². The molecule has 0 aliphatic carbocycles. The molecular formula is C23H27ClN2O4. The van der Waals surface area contributed by atoms with Gasteiger partial charge in [0.05, 0.1) is 13.7 Å². The number of rotatable bonds is 7. The molecule has 0 radical (unpaired) electrons. The third-order valence-electron chi connectivity index (χ3n) is 5.29. The Morgan fingerprint density at radius 2 is 1.70 bits per heavy atom. The summed E-state index contributed by atoms with van der Waals surface area (Å²) in [7, 11) is 1.58. The van der Waals surface area contributed by atoms with Gasteiger partial charge in [-0.1, -0.05) is 18.2 Å². The topological polar surface area (TPSA) is 55.2 Å². The molecule has 1 aliphatic rings. The summed E-state index contributed by atoms with van der Waals surface area (Å²) in [4.78, 5) is 16.5. The second-order valence-corrected chi connectivity index (χ2v) is 7.14. The van der Waals surface area contributed by atoms with Gasteiger partial charge in [-0.3, -0.25) is 4.90 Å². The van der Waals surface area contributed by atoms with E-state index in [1.165, 1.54) is 11.8 Å². The summed E-state index contributed by atoms with van der Waals surface area (Å²) in [5.74, 6) is 1.07. The Morgan fingerprint density at radius 3 is 2.43 bits per heavy atom. The predicted octanol–water partition coefficient (Wildman–Crippen LogP) is 3.81. The zero-order valence-electron chi connectivity index (χ0n) is 17.1. The Kier molecular flexibility index (Phi) is 7.60. The van der Waals surface area contributed by atoms with Crippen LogP contribution in [0.25, 0.3) is 11.0 Å². The van der Waals surface area contributed by atoms with Gasteiger partial charge in [0.25, 0.3) is 0 Å². The predicted molar refractivity (Wildman–Crippen MR) is 121 cm³/mol. The van der Waals surface area contributed by atoms with E-state index in [4.69, 9.17) is 13.9 Å². The van der Waals surface area contributed by atoms with Crippen molar-refractivity contribution in [2.24, 2.45) is 0 Å². The molecule has 1 saturated heterocycles. The molecule has 0 amide bonds. The van der Waals surface area contributed by atoms with Gasteiger partial charge in [0.1, 0.15) is 0 Å². The number of benzene rings is 2. The maximum atomic E-state index is 11.6. The van der Waals surface area contributed by atoms with Gasteiger partial charge in [-0.15, -0.1) is 12.4 Å². The van der Waals surface area contributed by atoms with Crippen molar-refractivity contribution in [1.29, 1.82) is 0 Å². The highest BCUT2D eigenvalue weighted by molar-refractivity contribution is 5.85. The van der Waals surface area contributed by atoms with Crippen LogP contribution in [0.2, 0.25) is 0 Å². The van der Waals surface area contributed by atoms with Crippen LogP contribution in [0.4, 0.5) is 5.69 Å². The summed E-state index contributed by atoms with van der Waals surface area (Å²) in [6.45, 7) is 5.66. The fraction of sp³-hybridized carbons (Fsp3) is 0.348. The van der Waals surface area contributed by atoms with E-state index in [-0.39, 0.29) is 12.4 Å². The third-order valence-corrected chi connectivity index (χ3v) is 5.29. The quantitative estimate of drug-likeness (QED) is 0.419. The molecule has 3 aromatic rings. The average Bonchev–Trinajstić information content (AvgIpc) is 2.77. The minimum Gasteiger partial charge on any atom is -0.493 e. The summed E-state index contributed by atoms with van der Waals surface area (Å²) in [6.07, 6.45) is 0.891. The van der Waals surface area contributed by atoms with Gasteiger partial charge in [0, 0.05) is 49.9 Å². The highest BCUT2D eigenvalue weighted by Crippen LogP contribution is 2.34. The van der Waals surface area contributed by atoms with Crippen LogP contribution >= 0.6 is 12.4 Å². The fourth-order valence-electron chi connectivity index (χ4n) is 3.72. The maximum absolute atomic E-state index is 11.6. The number of nitrogens with zero attached hydrogens (tertiary/aromatic N) is 2. The van der Waals surface area contributed by atoms with Crippen molar-refractivity contribution in [2.45, 2.75) is 6.42 Å². The summed E-state index contributed by atoms with van der Waals surface area (Å²) in [5, 5.41) is 0.817. The normalized spacial score (nSPS) is 14.4. The van der Waals surface area contributed by atoms with E-state index in [2.05, 4.69) is 40.1 Å². The summed E-state index contributed by atoms with van der Waals surface area (Å²) >= 11 is 0. The third kappa shape index (κ3) is 5.07. The summed E-state index contributed by atoms with van der Waals surface area (Å²) in [5.41, 5.74) is 1.33. The van der Waals surface area contributed by atoms with E-state index in [0.717, 1.165) is 44.5 Å². The van der Waals surface area contributed by atoms with E-state index >= 15 is 0 Å². The molecule has 160 valence electrons. The number of hydrogen-bond donors (Lipinski definition) is 0. The van der Waals surface area contributed by atoms with E-state index in [0.29, 0.717) is 23.7 Å². The molecule has 1 aliphatic heterocycles. The van der Waals surface area contributed by atoms with Crippen molar-refractivity contribution >= 4 is 29.1 Å². The molecule has 2 aromatic carbocycles. The number of piperazine rings is 1. The van der Waals surface area contributed by atoms with Crippen molar-refractivity contribution in [2.75, 3.05) is 51.3 Å². The summed E-state index contributed by atoms with van der Waals surface area (Å²) < 4.78 is 16.7. The molecule has 0 saturated carbocycles. The van der Waals surface area contributed by atoms with Crippen molar-refractivity contribution in [3.63, 3.8) is 0 Å². The minimum absolute atomic E-state index is 0. The number of anilines is 1. The second-order valence-electron chi connectivity index (χ2n) is 7.14. The smallest absolute Gasteiger partial charge is 0.336 e. The van der Waals surface area contributed by atoms with Gasteiger partial charge < -0.3 is 18.8 Å². The van der Waals surface area contributed by atoms with Crippen molar-refractivity contribution in [1.82, 2.24) is 4.90 Å². The molecule has 7 heteroatoms. The first kappa shape index (κ1) is 22.0. The number of fused-ring (bicyclic) bond motifs is 1. The SMILES string of the molecule is COc1ccc2ccc(=O)oc2c1OCCCN1CCN(c2ccccc2)CC1.Cl. The van der Waals surface area contributed by atoms with Gasteiger partial charge in [-0.25, -0.2) is 4.79 Å². The number of ether oxygens (including phenoxy) is 2. The lowest BCUT2D eigenvalue weighted by Gasteiger charge is -2.36. The largest absolute Gasteiger partial charge is 0.493 e. The van der Waals surface area contributed by atoms with Crippen LogP contribution in [0.15, 0.2) is 63.8 Å². The van der Waals surface area contributed by atoms with Gasteiger partial charge in [-0.05, 0) is 36.8 Å². The first-order valence-corrected chi connectivity index (χ1v) is 10.0. The Labute approximate surface area is 182 Å². The second kappa shape index (κ2) is 10.4. The molecule has 2 heterocycles. The molecule has 1 aromatic heterocycles. The number of hydrogen-bond acceptors (Lipinski definition) is 6. The molecule has 0 atom stereocenters. The Morgan fingerprint density at radius 1 is 0.967 bits per heavy atom. The highest BCUT2D eigenvalue weighted by atomic mass is 35.5. The van der Waals surface area contributed by atoms with Crippen molar-refractivity contribution in [3.8, 4) is 11.5 Å². The van der Waals surface area contributed by atoms with Crippen LogP contribution in [-0.2, 0) is 0 Å². The highest BCUT2D eigenvalue weighted by Gasteiger charge is 2.17. The van der Waals surface area contributed by atoms with Crippen LogP contribution in [0.5, 0.6) is 11.5 Å². The summed E-state index contributed by atoms with van der Waals surface area (Å²) in [6, 6.07) is 17.4. The number of halogens is 1. The van der Waals surface area contributed by atoms with E-state index in [9.17, 15) is 4.79 Å². The lowest BCUT2D eigenvalue weighted by atomic mass is 10.2. The Bertz CT molecular complexity index is 1000. The zero-order valence-corrected chi connectivity index (χ0v) is 17.9. The maximum Gasteiger partial charge on any atom is 0.336 e. The fourth-order valence-corrected chi connectivity index (χ4v) is 3.72. The van der Waals surface area contributed by atoms with Crippen molar-refractivity contribution < 1.29 is 13.9 Å². The van der Waals surface area contributed by atoms with E-state index in [1.54, 1.807) is 13.2 Å². The van der Waals surface area contributed by atoms with Gasteiger partial charge in [-0.2, -0.15) is 0 Å². The standard InChI is InChI=1S/C23H26N2O4.ClH/c1-27-20-10-8-18-9-11-21(26)29-22(18)23(20)28-17-5-12-24-13-15-25(16-14-24)19-6-3-2-4-7-19;/h2-4,6-11H,5,12-17H2,1H3;1H. The minimum atomic E-state index is -0.396. The molecule has 0 spiro atoms. The van der Waals surface area contributed by atoms with Crippen LogP contribution in [-0.4, -0.2) is 51.3 Å². The average molecular weight is 431 g/mol. The molecule has 1 fully saturated rings. The monoisotopic (exact) mass is 430 g/mol. The van der Waals surface area contributed by atoms with Gasteiger partial charge >= 0.3 is 5.63 Å². The van der Waals surface area contributed by atoms with Crippen molar-refractivity contribution in [3.05, 3.63) is 65.0 Å². The van der Waals surface area contributed by atoms with Crippen LogP contribution in [0.1, 0.15) is 6.42 Å². The molecule has 0 bridgehead atoms. The molecule has 6 nitrogen and oxygen atoms in total. The van der Waals surface area contributed by atoms with Crippen LogP contribution < -0.4 is 20.0 Å². The van der Waals surface area contributed by atoms with Gasteiger partial charge in [0.15, 0.2) is 11.3 Å². The first-order valence-electron chi connectivity index (χ1n) is 10.0. The molecule has 0 unspecified atom stereocenters. The van der Waals surface area contributed by atoms with E-state index < -0.39 is 5.63 Å². The molecular weight excluding hydrogens is 404 g/mol. The molecule has 0 N–H and O–H groups in total. The molecule has 30 heavy (non-hydrogen) atoms. The Hall–Kier alpha value is -2.70. The lowest BCUT2D eigenvalue weighted by molar-refractivity contribution is 0.221. The Balaban J connectivity index is 0.00000256. The van der Waals surface area contributed by atoms with Crippen LogP contribution in [0.3, 0.4) is 0 Å². The number of para-hydroxylation sites is 1. The van der Waals surface area contributed by atoms with Crippen LogP contribution in [0, 0.1) is 0 Å². The van der Waals surface area contributed by atoms with Gasteiger partial charge in [0.2, 0.25) is 5.75 Å². The molecule has 4 rings (SSSR count). The first-order chi connectivity index (χ1) is 14.2.